The van der Waals surface area contributed by atoms with Crippen molar-refractivity contribution >= 4 is 28.6 Å². The lowest BCUT2D eigenvalue weighted by Crippen LogP contribution is -2.45. The molecule has 35 heavy (non-hydrogen) atoms. The highest BCUT2D eigenvalue weighted by atomic mass is 19.4. The maximum atomic E-state index is 14.1. The molecule has 0 spiro atoms. The average molecular weight is 492 g/mol. The lowest BCUT2D eigenvalue weighted by molar-refractivity contribution is -0.186. The van der Waals surface area contributed by atoms with E-state index < -0.39 is 46.3 Å². The molecule has 182 valence electrons. The number of fused-ring (bicyclic) bond motifs is 2. The van der Waals surface area contributed by atoms with Crippen LogP contribution in [-0.2, 0) is 16.8 Å². The fraction of sp³-hybridized carbons (Fsp3) is 0.238. The van der Waals surface area contributed by atoms with Gasteiger partial charge in [0.05, 0.1) is 29.4 Å². The highest BCUT2D eigenvalue weighted by Crippen LogP contribution is 2.50. The van der Waals surface area contributed by atoms with Gasteiger partial charge >= 0.3 is 6.18 Å². The lowest BCUT2D eigenvalue weighted by Gasteiger charge is -2.25. The summed E-state index contributed by atoms with van der Waals surface area (Å²) in [5.41, 5.74) is 2.34. The van der Waals surface area contributed by atoms with E-state index in [1.54, 1.807) is 0 Å². The van der Waals surface area contributed by atoms with Crippen molar-refractivity contribution in [3.8, 4) is 11.5 Å². The van der Waals surface area contributed by atoms with Crippen molar-refractivity contribution in [1.82, 2.24) is 29.7 Å². The van der Waals surface area contributed by atoms with Gasteiger partial charge in [0, 0.05) is 6.20 Å². The average Bonchev–Trinajstić information content (AvgIpc) is 3.24. The summed E-state index contributed by atoms with van der Waals surface area (Å²) in [7, 11) is 0. The quantitative estimate of drug-likeness (QED) is 0.419. The number of nitrogens with two attached hydrogens (primary N) is 1. The monoisotopic (exact) mass is 492 g/mol. The topological polar surface area (TPSA) is 124 Å². The number of hydrogen-bond donors (Lipinski definition) is 2. The molecule has 0 fully saturated rings. The Morgan fingerprint density at radius 1 is 1.20 bits per heavy atom. The molecule has 5 heterocycles. The Morgan fingerprint density at radius 3 is 2.63 bits per heavy atom. The van der Waals surface area contributed by atoms with Crippen LogP contribution in [0.5, 0.6) is 0 Å². The van der Waals surface area contributed by atoms with E-state index in [4.69, 9.17) is 5.73 Å². The van der Waals surface area contributed by atoms with Crippen molar-refractivity contribution in [3.63, 3.8) is 0 Å². The summed E-state index contributed by atoms with van der Waals surface area (Å²) in [5, 5.41) is 6.45. The molecular weight excluding hydrogens is 475 g/mol. The molecule has 4 aromatic heterocycles. The molecule has 1 unspecified atom stereocenters. The first-order valence-electron chi connectivity index (χ1n) is 9.68. The van der Waals surface area contributed by atoms with Gasteiger partial charge in [-0.05, 0) is 25.1 Å². The fourth-order valence-corrected chi connectivity index (χ4v) is 3.77. The number of nitrogens with one attached hydrogen (secondary N) is 1. The molecule has 4 aromatic rings. The Kier molecular flexibility index (Phi) is 5.41. The van der Waals surface area contributed by atoms with Gasteiger partial charge in [-0.3, -0.25) is 9.78 Å². The molecule has 1 amide bonds. The van der Waals surface area contributed by atoms with Crippen molar-refractivity contribution < 1.29 is 26.7 Å². The largest absolute Gasteiger partial charge is 0.407 e. The third-order valence-electron chi connectivity index (χ3n) is 5.59. The Morgan fingerprint density at radius 2 is 1.94 bits per heavy atom. The SMILES string of the molecule is C.CC1(C(F)(F)F)C(=O)Nc2nc(-c3nn(Cc4ncccc4F)c4ncc(F)cc34)nc(N)c21. The molecule has 0 saturated heterocycles. The predicted octanol–water partition coefficient (Wildman–Crippen LogP) is 3.60. The Balaban J connectivity index is 0.00000289. The maximum absolute atomic E-state index is 14.1. The third-order valence-corrected chi connectivity index (χ3v) is 5.59. The van der Waals surface area contributed by atoms with E-state index in [2.05, 4.69) is 30.4 Å². The Labute approximate surface area is 194 Å². The van der Waals surface area contributed by atoms with Crippen LogP contribution in [0.4, 0.5) is 33.6 Å². The summed E-state index contributed by atoms with van der Waals surface area (Å²) >= 11 is 0. The number of alkyl halides is 3. The molecule has 1 aliphatic rings. The van der Waals surface area contributed by atoms with E-state index in [0.717, 1.165) is 12.3 Å². The van der Waals surface area contributed by atoms with Crippen molar-refractivity contribution in [2.24, 2.45) is 0 Å². The molecule has 0 radical (unpaired) electrons. The highest BCUT2D eigenvalue weighted by molar-refractivity contribution is 6.07. The van der Waals surface area contributed by atoms with Crippen LogP contribution in [0.1, 0.15) is 25.6 Å². The van der Waals surface area contributed by atoms with Crippen molar-refractivity contribution in [3.05, 3.63) is 53.5 Å². The molecule has 3 N–H and O–H groups in total. The van der Waals surface area contributed by atoms with Gasteiger partial charge < -0.3 is 11.1 Å². The van der Waals surface area contributed by atoms with Crippen LogP contribution in [0.15, 0.2) is 30.6 Å². The lowest BCUT2D eigenvalue weighted by atomic mass is 9.84. The van der Waals surface area contributed by atoms with Crippen LogP contribution < -0.4 is 11.1 Å². The van der Waals surface area contributed by atoms with Gasteiger partial charge in [0.2, 0.25) is 5.91 Å². The molecule has 5 rings (SSSR count). The minimum Gasteiger partial charge on any atom is -0.383 e. The number of aromatic nitrogens is 6. The van der Waals surface area contributed by atoms with E-state index in [-0.39, 0.29) is 42.2 Å². The molecule has 1 aliphatic heterocycles. The summed E-state index contributed by atoms with van der Waals surface area (Å²) in [4.78, 5) is 28.1. The molecular formula is C21H17F5N8O. The summed E-state index contributed by atoms with van der Waals surface area (Å²) in [5.74, 6) is -4.01. The fourth-order valence-electron chi connectivity index (χ4n) is 3.77. The second-order valence-electron chi connectivity index (χ2n) is 7.70. The second-order valence-corrected chi connectivity index (χ2v) is 7.70. The number of halogens is 5. The van der Waals surface area contributed by atoms with Gasteiger partial charge in [-0.25, -0.2) is 28.4 Å². The Hall–Kier alpha value is -4.23. The van der Waals surface area contributed by atoms with Gasteiger partial charge in [0.1, 0.15) is 29.0 Å². The molecule has 9 nitrogen and oxygen atoms in total. The Bertz CT molecular complexity index is 1480. The van der Waals surface area contributed by atoms with Crippen LogP contribution in [0.3, 0.4) is 0 Å². The van der Waals surface area contributed by atoms with Crippen LogP contribution in [0, 0.1) is 11.6 Å². The number of pyridine rings is 2. The summed E-state index contributed by atoms with van der Waals surface area (Å²) < 4.78 is 70.4. The number of carbonyl (C=O) groups excluding carboxylic acids is 1. The summed E-state index contributed by atoms with van der Waals surface area (Å²) in [6, 6.07) is 3.68. The van der Waals surface area contributed by atoms with Gasteiger partial charge in [-0.2, -0.15) is 18.3 Å². The van der Waals surface area contributed by atoms with E-state index in [1.807, 2.05) is 0 Å². The number of nitrogens with zero attached hydrogens (tertiary/aromatic N) is 6. The zero-order valence-corrected chi connectivity index (χ0v) is 17.2. The predicted molar refractivity (Wildman–Crippen MR) is 115 cm³/mol. The van der Waals surface area contributed by atoms with Gasteiger partial charge in [-0.1, -0.05) is 7.43 Å². The van der Waals surface area contributed by atoms with Gasteiger partial charge in [0.25, 0.3) is 0 Å². The number of nitrogen functional groups attached to an aromatic ring is 1. The van der Waals surface area contributed by atoms with E-state index in [9.17, 15) is 26.7 Å². The molecule has 0 saturated carbocycles. The smallest absolute Gasteiger partial charge is 0.383 e. The minimum atomic E-state index is -4.96. The minimum absolute atomic E-state index is 0. The number of rotatable bonds is 3. The van der Waals surface area contributed by atoms with Crippen LogP contribution in [-0.4, -0.2) is 41.8 Å². The number of hydrogen-bond acceptors (Lipinski definition) is 7. The maximum Gasteiger partial charge on any atom is 0.407 e. The first-order valence-corrected chi connectivity index (χ1v) is 9.68. The third kappa shape index (κ3) is 3.52. The first kappa shape index (κ1) is 23.9. The van der Waals surface area contributed by atoms with Gasteiger partial charge in [0.15, 0.2) is 16.9 Å². The molecule has 0 aliphatic carbocycles. The molecule has 1 atom stereocenters. The summed E-state index contributed by atoms with van der Waals surface area (Å²) in [6.45, 7) is 0.490. The highest BCUT2D eigenvalue weighted by Gasteiger charge is 2.63. The zero-order valence-electron chi connectivity index (χ0n) is 17.2. The molecule has 14 heteroatoms. The van der Waals surface area contributed by atoms with Crippen molar-refractivity contribution in [2.45, 2.75) is 32.5 Å². The molecule has 0 bridgehead atoms. The number of amides is 1. The van der Waals surface area contributed by atoms with Crippen LogP contribution in [0.2, 0.25) is 0 Å². The van der Waals surface area contributed by atoms with E-state index >= 15 is 0 Å². The standard InChI is InChI=1S/C20H13F5N8O.CH4/c1-19(20(23,24)25)12-14(26)29-16(30-15(12)31-18(19)34)13-9-5-8(21)6-28-17(9)33(32-13)7-11-10(22)3-2-4-27-11;/h2-6H,7H2,1H3,(H3,26,29,30,31,34);1H4. The number of carbonyl (C=O) groups is 1. The van der Waals surface area contributed by atoms with E-state index in [1.165, 1.54) is 23.0 Å². The normalized spacial score (nSPS) is 17.3. The van der Waals surface area contributed by atoms with Crippen molar-refractivity contribution in [1.29, 1.82) is 0 Å². The van der Waals surface area contributed by atoms with Crippen LogP contribution in [0.25, 0.3) is 22.6 Å². The van der Waals surface area contributed by atoms with E-state index in [0.29, 0.717) is 6.92 Å². The van der Waals surface area contributed by atoms with Gasteiger partial charge in [-0.15, -0.1) is 0 Å². The molecule has 0 aromatic carbocycles. The summed E-state index contributed by atoms with van der Waals surface area (Å²) in [6.07, 6.45) is -2.66. The number of anilines is 2. The second kappa shape index (κ2) is 7.92. The van der Waals surface area contributed by atoms with Crippen LogP contribution >= 0.6 is 0 Å². The van der Waals surface area contributed by atoms with Crippen molar-refractivity contribution in [2.75, 3.05) is 11.1 Å². The zero-order chi connectivity index (χ0) is 24.4. The first-order chi connectivity index (χ1) is 16.0.